The average molecular weight is 270 g/mol. The average Bonchev–Trinajstić information content (AvgIpc) is 2.49. The molecule has 0 bridgehead atoms. The van der Waals surface area contributed by atoms with Gasteiger partial charge in [0.1, 0.15) is 5.75 Å². The third kappa shape index (κ3) is 4.26. The largest absolute Gasteiger partial charge is 0.507 e. The number of benzene rings is 1. The van der Waals surface area contributed by atoms with Crippen LogP contribution in [0.2, 0.25) is 0 Å². The molecule has 0 aromatic heterocycles. The molecule has 1 atom stereocenters. The standard InChI is InChI=1S/C19H26O/c1-2-9-16(17-10-4-3-5-11-17)13-8-14-18-12-6-7-15-19(18)20/h2,6-8,12,14-17,20H,1,3-5,9-11,13H2. The zero-order valence-electron chi connectivity index (χ0n) is 12.3. The molecule has 1 fully saturated rings. The monoisotopic (exact) mass is 270 g/mol. The molecule has 0 spiro atoms. The highest BCUT2D eigenvalue weighted by Crippen LogP contribution is 2.34. The molecule has 1 aromatic carbocycles. The van der Waals surface area contributed by atoms with E-state index in [1.807, 2.05) is 24.3 Å². The van der Waals surface area contributed by atoms with E-state index in [-0.39, 0.29) is 0 Å². The zero-order valence-corrected chi connectivity index (χ0v) is 12.3. The van der Waals surface area contributed by atoms with Crippen LogP contribution in [0.5, 0.6) is 5.75 Å². The fourth-order valence-electron chi connectivity index (χ4n) is 3.30. The summed E-state index contributed by atoms with van der Waals surface area (Å²) >= 11 is 0. The molecule has 1 aromatic rings. The Bertz CT molecular complexity index is 441. The van der Waals surface area contributed by atoms with E-state index in [0.29, 0.717) is 5.75 Å². The van der Waals surface area contributed by atoms with Crippen molar-refractivity contribution in [3.63, 3.8) is 0 Å². The summed E-state index contributed by atoms with van der Waals surface area (Å²) in [5.74, 6) is 1.94. The molecular weight excluding hydrogens is 244 g/mol. The Kier molecular flexibility index (Phi) is 5.91. The second-order valence-electron chi connectivity index (χ2n) is 5.88. The van der Waals surface area contributed by atoms with Crippen LogP contribution in [0.1, 0.15) is 50.5 Å². The zero-order chi connectivity index (χ0) is 14.2. The van der Waals surface area contributed by atoms with Crippen molar-refractivity contribution >= 4 is 6.08 Å². The summed E-state index contributed by atoms with van der Waals surface area (Å²) in [5, 5.41) is 9.76. The van der Waals surface area contributed by atoms with Crippen LogP contribution in [0, 0.1) is 11.8 Å². The van der Waals surface area contributed by atoms with Crippen molar-refractivity contribution < 1.29 is 5.11 Å². The Morgan fingerprint density at radius 3 is 2.60 bits per heavy atom. The minimum absolute atomic E-state index is 0.363. The van der Waals surface area contributed by atoms with Crippen LogP contribution in [-0.4, -0.2) is 5.11 Å². The summed E-state index contributed by atoms with van der Waals surface area (Å²) in [4.78, 5) is 0. The molecule has 0 amide bonds. The molecule has 1 aliphatic carbocycles. The minimum Gasteiger partial charge on any atom is -0.507 e. The highest BCUT2D eigenvalue weighted by molar-refractivity contribution is 5.56. The predicted octanol–water partition coefficient (Wildman–Crippen LogP) is 5.57. The molecule has 108 valence electrons. The molecular formula is C19H26O. The van der Waals surface area contributed by atoms with Crippen LogP contribution in [-0.2, 0) is 0 Å². The normalized spacial score (nSPS) is 18.2. The van der Waals surface area contributed by atoms with Crippen molar-refractivity contribution in [3.8, 4) is 5.75 Å². The fraction of sp³-hybridized carbons (Fsp3) is 0.474. The van der Waals surface area contributed by atoms with E-state index in [1.54, 1.807) is 6.07 Å². The molecule has 0 heterocycles. The summed E-state index contributed by atoms with van der Waals surface area (Å²) in [5.41, 5.74) is 0.911. The van der Waals surface area contributed by atoms with Crippen molar-refractivity contribution in [2.75, 3.05) is 0 Å². The molecule has 20 heavy (non-hydrogen) atoms. The van der Waals surface area contributed by atoms with E-state index in [4.69, 9.17) is 0 Å². The molecule has 0 aliphatic heterocycles. The van der Waals surface area contributed by atoms with Crippen molar-refractivity contribution in [3.05, 3.63) is 48.6 Å². The molecule has 0 saturated heterocycles. The summed E-state index contributed by atoms with van der Waals surface area (Å²) in [6, 6.07) is 7.51. The van der Waals surface area contributed by atoms with Crippen LogP contribution in [0.15, 0.2) is 43.0 Å². The Morgan fingerprint density at radius 2 is 1.90 bits per heavy atom. The van der Waals surface area contributed by atoms with Gasteiger partial charge in [0.25, 0.3) is 0 Å². The van der Waals surface area contributed by atoms with Crippen molar-refractivity contribution in [2.24, 2.45) is 11.8 Å². The third-order valence-corrected chi connectivity index (χ3v) is 4.46. The first-order chi connectivity index (χ1) is 9.81. The van der Waals surface area contributed by atoms with E-state index in [2.05, 4.69) is 18.7 Å². The molecule has 2 rings (SSSR count). The number of hydrogen-bond acceptors (Lipinski definition) is 1. The van der Waals surface area contributed by atoms with E-state index < -0.39 is 0 Å². The predicted molar refractivity (Wildman–Crippen MR) is 86.6 cm³/mol. The molecule has 1 aliphatic rings. The SMILES string of the molecule is C=CCC(CC=Cc1ccccc1O)C1CCCCC1. The van der Waals surface area contributed by atoms with Gasteiger partial charge in [-0.15, -0.1) is 6.58 Å². The maximum absolute atomic E-state index is 9.76. The molecule has 0 radical (unpaired) electrons. The third-order valence-electron chi connectivity index (χ3n) is 4.46. The van der Waals surface area contributed by atoms with E-state index >= 15 is 0 Å². The quantitative estimate of drug-likeness (QED) is 0.670. The lowest BCUT2D eigenvalue weighted by Crippen LogP contribution is -2.17. The van der Waals surface area contributed by atoms with Crippen molar-refractivity contribution in [1.29, 1.82) is 0 Å². The molecule has 1 nitrogen and oxygen atoms in total. The van der Waals surface area contributed by atoms with E-state index in [1.165, 1.54) is 32.1 Å². The number of hydrogen-bond donors (Lipinski definition) is 1. The van der Waals surface area contributed by atoms with Crippen molar-refractivity contribution in [1.82, 2.24) is 0 Å². The summed E-state index contributed by atoms with van der Waals surface area (Å²) in [6.45, 7) is 3.91. The second-order valence-corrected chi connectivity index (χ2v) is 5.88. The number of phenolic OH excluding ortho intramolecular Hbond substituents is 1. The van der Waals surface area contributed by atoms with Crippen LogP contribution in [0.4, 0.5) is 0 Å². The topological polar surface area (TPSA) is 20.2 Å². The smallest absolute Gasteiger partial charge is 0.122 e. The first-order valence-corrected chi connectivity index (χ1v) is 7.86. The van der Waals surface area contributed by atoms with Gasteiger partial charge < -0.3 is 5.11 Å². The maximum Gasteiger partial charge on any atom is 0.122 e. The maximum atomic E-state index is 9.76. The molecule has 1 N–H and O–H groups in total. The first-order valence-electron chi connectivity index (χ1n) is 7.86. The van der Waals surface area contributed by atoms with Gasteiger partial charge in [-0.25, -0.2) is 0 Å². The number of rotatable bonds is 6. The van der Waals surface area contributed by atoms with Crippen LogP contribution in [0.25, 0.3) is 6.08 Å². The van der Waals surface area contributed by atoms with Gasteiger partial charge >= 0.3 is 0 Å². The van der Waals surface area contributed by atoms with Gasteiger partial charge in [-0.05, 0) is 30.7 Å². The second kappa shape index (κ2) is 7.94. The highest BCUT2D eigenvalue weighted by Gasteiger charge is 2.21. The number of allylic oxidation sites excluding steroid dienone is 2. The van der Waals surface area contributed by atoms with Gasteiger partial charge in [-0.2, -0.15) is 0 Å². The summed E-state index contributed by atoms with van der Waals surface area (Å²) < 4.78 is 0. The van der Waals surface area contributed by atoms with Crippen LogP contribution >= 0.6 is 0 Å². The molecule has 1 heteroatoms. The van der Waals surface area contributed by atoms with E-state index in [0.717, 1.165) is 30.2 Å². The van der Waals surface area contributed by atoms with Gasteiger partial charge in [0, 0.05) is 5.56 Å². The Balaban J connectivity index is 1.94. The first kappa shape index (κ1) is 14.9. The van der Waals surface area contributed by atoms with Gasteiger partial charge in [0.15, 0.2) is 0 Å². The molecule has 1 saturated carbocycles. The van der Waals surface area contributed by atoms with Crippen molar-refractivity contribution in [2.45, 2.75) is 44.9 Å². The van der Waals surface area contributed by atoms with Gasteiger partial charge in [0.05, 0.1) is 0 Å². The minimum atomic E-state index is 0.363. The summed E-state index contributed by atoms with van der Waals surface area (Å²) in [7, 11) is 0. The fourth-order valence-corrected chi connectivity index (χ4v) is 3.30. The molecule has 1 unspecified atom stereocenters. The Hall–Kier alpha value is -1.50. The van der Waals surface area contributed by atoms with Gasteiger partial charge in [-0.3, -0.25) is 0 Å². The Morgan fingerprint density at radius 1 is 1.15 bits per heavy atom. The number of phenols is 1. The lowest BCUT2D eigenvalue weighted by molar-refractivity contribution is 0.250. The Labute approximate surface area is 123 Å². The van der Waals surface area contributed by atoms with Crippen LogP contribution in [0.3, 0.4) is 0 Å². The van der Waals surface area contributed by atoms with Crippen LogP contribution < -0.4 is 0 Å². The number of para-hydroxylation sites is 1. The highest BCUT2D eigenvalue weighted by atomic mass is 16.3. The van der Waals surface area contributed by atoms with E-state index in [9.17, 15) is 5.11 Å². The van der Waals surface area contributed by atoms with Gasteiger partial charge in [-0.1, -0.05) is 68.5 Å². The lowest BCUT2D eigenvalue weighted by atomic mass is 9.77. The summed E-state index contributed by atoms with van der Waals surface area (Å²) in [6.07, 6.45) is 15.5. The van der Waals surface area contributed by atoms with Gasteiger partial charge in [0.2, 0.25) is 0 Å². The number of aromatic hydroxyl groups is 1. The lowest BCUT2D eigenvalue weighted by Gasteiger charge is -2.29.